The van der Waals surface area contributed by atoms with Crippen molar-refractivity contribution in [1.29, 1.82) is 0 Å². The Morgan fingerprint density at radius 3 is 2.84 bits per heavy atom. The van der Waals surface area contributed by atoms with E-state index in [2.05, 4.69) is 4.98 Å². The minimum atomic E-state index is -0.763. The van der Waals surface area contributed by atoms with Crippen molar-refractivity contribution >= 4 is 28.9 Å². The largest absolute Gasteiger partial charge is 0.496 e. The first-order valence-corrected chi connectivity index (χ1v) is 8.54. The maximum absolute atomic E-state index is 13.7. The summed E-state index contributed by atoms with van der Waals surface area (Å²) in [5.74, 6) is -0.768. The molecule has 3 aromatic rings. The normalized spacial score (nSPS) is 10.5. The second kappa shape index (κ2) is 7.63. The van der Waals surface area contributed by atoms with Gasteiger partial charge in [0, 0.05) is 10.4 Å². The van der Waals surface area contributed by atoms with E-state index >= 15 is 0 Å². The van der Waals surface area contributed by atoms with Crippen LogP contribution in [0.4, 0.5) is 4.39 Å². The van der Waals surface area contributed by atoms with Gasteiger partial charge < -0.3 is 9.47 Å². The number of nitrogens with zero attached hydrogens (tertiary/aromatic N) is 1. The van der Waals surface area contributed by atoms with Crippen molar-refractivity contribution in [2.24, 2.45) is 0 Å². The van der Waals surface area contributed by atoms with E-state index in [0.29, 0.717) is 11.4 Å². The summed E-state index contributed by atoms with van der Waals surface area (Å²) >= 11 is 7.08. The van der Waals surface area contributed by atoms with Crippen LogP contribution in [-0.4, -0.2) is 18.1 Å². The molecule has 0 spiro atoms. The molecule has 0 atom stereocenters. The number of rotatable bonds is 5. The molecule has 0 bridgehead atoms. The van der Waals surface area contributed by atoms with Gasteiger partial charge in [0.05, 0.1) is 23.9 Å². The fourth-order valence-corrected chi connectivity index (χ4v) is 3.18. The van der Waals surface area contributed by atoms with E-state index in [9.17, 15) is 9.18 Å². The summed E-state index contributed by atoms with van der Waals surface area (Å²) < 4.78 is 24.2. The molecule has 0 radical (unpaired) electrons. The van der Waals surface area contributed by atoms with Gasteiger partial charge in [0.2, 0.25) is 0 Å². The molecule has 128 valence electrons. The smallest absolute Gasteiger partial charge is 0.341 e. The summed E-state index contributed by atoms with van der Waals surface area (Å²) in [6.07, 6.45) is 0. The fraction of sp³-hybridized carbons (Fsp3) is 0.111. The predicted octanol–water partition coefficient (Wildman–Crippen LogP) is 4.97. The zero-order valence-corrected chi connectivity index (χ0v) is 14.7. The number of thiazole rings is 1. The number of hydrogen-bond donors (Lipinski definition) is 0. The number of carbonyl (C=O) groups excluding carboxylic acids is 1. The molecule has 7 heteroatoms. The highest BCUT2D eigenvalue weighted by atomic mass is 35.5. The Labute approximate surface area is 152 Å². The van der Waals surface area contributed by atoms with Crippen LogP contribution in [-0.2, 0) is 11.3 Å². The Bertz CT molecular complexity index is 913. The average molecular weight is 378 g/mol. The average Bonchev–Trinajstić information content (AvgIpc) is 3.08. The Kier molecular flexibility index (Phi) is 5.31. The number of benzene rings is 2. The van der Waals surface area contributed by atoms with Crippen LogP contribution in [0, 0.1) is 5.82 Å². The molecular weight excluding hydrogens is 365 g/mol. The molecule has 0 fully saturated rings. The van der Waals surface area contributed by atoms with Crippen molar-refractivity contribution < 1.29 is 18.7 Å². The number of esters is 1. The van der Waals surface area contributed by atoms with Crippen LogP contribution in [0.15, 0.2) is 47.8 Å². The zero-order valence-electron chi connectivity index (χ0n) is 13.2. The topological polar surface area (TPSA) is 48.4 Å². The second-order valence-corrected chi connectivity index (χ2v) is 6.34. The molecule has 1 heterocycles. The molecule has 0 saturated heterocycles. The van der Waals surface area contributed by atoms with Gasteiger partial charge in [0.1, 0.15) is 23.2 Å². The lowest BCUT2D eigenvalue weighted by Gasteiger charge is -2.05. The molecule has 0 aliphatic carbocycles. The SMILES string of the molecule is COc1ccccc1-c1nc(COC(=O)c2ccc(Cl)cc2F)cs1. The van der Waals surface area contributed by atoms with Crippen molar-refractivity contribution in [3.63, 3.8) is 0 Å². The molecular formula is C18H13ClFNO3S. The maximum atomic E-state index is 13.7. The molecule has 0 unspecified atom stereocenters. The van der Waals surface area contributed by atoms with Crippen LogP contribution in [0.3, 0.4) is 0 Å². The number of para-hydroxylation sites is 1. The molecule has 3 rings (SSSR count). The Balaban J connectivity index is 1.70. The lowest BCUT2D eigenvalue weighted by Crippen LogP contribution is -2.07. The van der Waals surface area contributed by atoms with Crippen LogP contribution in [0.25, 0.3) is 10.6 Å². The maximum Gasteiger partial charge on any atom is 0.341 e. The highest BCUT2D eigenvalue weighted by molar-refractivity contribution is 7.13. The summed E-state index contributed by atoms with van der Waals surface area (Å²) in [7, 11) is 1.59. The first kappa shape index (κ1) is 17.4. The second-order valence-electron chi connectivity index (χ2n) is 5.04. The van der Waals surface area contributed by atoms with E-state index in [1.807, 2.05) is 24.3 Å². The van der Waals surface area contributed by atoms with E-state index in [1.165, 1.54) is 23.5 Å². The highest BCUT2D eigenvalue weighted by Gasteiger charge is 2.15. The lowest BCUT2D eigenvalue weighted by molar-refractivity contribution is 0.0463. The fourth-order valence-electron chi connectivity index (χ4n) is 2.19. The van der Waals surface area contributed by atoms with Crippen molar-refractivity contribution in [1.82, 2.24) is 4.98 Å². The summed E-state index contributed by atoms with van der Waals surface area (Å²) in [5, 5.41) is 2.75. The Hall–Kier alpha value is -2.44. The number of ether oxygens (including phenoxy) is 2. The molecule has 25 heavy (non-hydrogen) atoms. The zero-order chi connectivity index (χ0) is 17.8. The van der Waals surface area contributed by atoms with Crippen LogP contribution in [0.2, 0.25) is 5.02 Å². The van der Waals surface area contributed by atoms with Gasteiger partial charge in [-0.15, -0.1) is 11.3 Å². The number of aromatic nitrogens is 1. The monoisotopic (exact) mass is 377 g/mol. The van der Waals surface area contributed by atoms with Crippen LogP contribution < -0.4 is 4.74 Å². The summed E-state index contributed by atoms with van der Waals surface area (Å²) in [6.45, 7) is -0.0491. The molecule has 2 aromatic carbocycles. The number of halogens is 2. The van der Waals surface area contributed by atoms with Gasteiger partial charge in [-0.05, 0) is 30.3 Å². The number of carbonyl (C=O) groups is 1. The first-order chi connectivity index (χ1) is 12.1. The van der Waals surface area contributed by atoms with Gasteiger partial charge in [-0.25, -0.2) is 14.2 Å². The summed E-state index contributed by atoms with van der Waals surface area (Å²) in [4.78, 5) is 16.4. The van der Waals surface area contributed by atoms with Crippen LogP contribution >= 0.6 is 22.9 Å². The third-order valence-electron chi connectivity index (χ3n) is 3.39. The predicted molar refractivity (Wildman–Crippen MR) is 94.6 cm³/mol. The standard InChI is InChI=1S/C18H13ClFNO3S/c1-23-16-5-3-2-4-14(16)17-21-12(10-25-17)9-24-18(22)13-7-6-11(19)8-15(13)20/h2-8,10H,9H2,1H3. The Morgan fingerprint density at radius 2 is 2.08 bits per heavy atom. The Morgan fingerprint density at radius 1 is 1.28 bits per heavy atom. The van der Waals surface area contributed by atoms with Crippen molar-refractivity contribution in [3.05, 3.63) is 69.9 Å². The molecule has 0 saturated carbocycles. The van der Waals surface area contributed by atoms with Crippen molar-refractivity contribution in [2.75, 3.05) is 7.11 Å². The van der Waals surface area contributed by atoms with Gasteiger partial charge in [-0.3, -0.25) is 0 Å². The molecule has 0 amide bonds. The third-order valence-corrected chi connectivity index (χ3v) is 4.55. The summed E-state index contributed by atoms with van der Waals surface area (Å²) in [6, 6.07) is 11.3. The first-order valence-electron chi connectivity index (χ1n) is 7.28. The van der Waals surface area contributed by atoms with Crippen molar-refractivity contribution in [3.8, 4) is 16.3 Å². The van der Waals surface area contributed by atoms with Crippen LogP contribution in [0.1, 0.15) is 16.1 Å². The van der Waals surface area contributed by atoms with E-state index in [-0.39, 0.29) is 17.2 Å². The number of methoxy groups -OCH3 is 1. The molecule has 1 aromatic heterocycles. The minimum Gasteiger partial charge on any atom is -0.496 e. The highest BCUT2D eigenvalue weighted by Crippen LogP contribution is 2.32. The lowest BCUT2D eigenvalue weighted by atomic mass is 10.2. The quantitative estimate of drug-likeness (QED) is 0.589. The third kappa shape index (κ3) is 3.97. The van der Waals surface area contributed by atoms with Gasteiger partial charge in [0.15, 0.2) is 0 Å². The summed E-state index contributed by atoms with van der Waals surface area (Å²) in [5.41, 5.74) is 1.27. The van der Waals surface area contributed by atoms with Gasteiger partial charge in [-0.2, -0.15) is 0 Å². The van der Waals surface area contributed by atoms with Gasteiger partial charge in [-0.1, -0.05) is 23.7 Å². The van der Waals surface area contributed by atoms with Crippen molar-refractivity contribution in [2.45, 2.75) is 6.61 Å². The van der Waals surface area contributed by atoms with E-state index in [4.69, 9.17) is 21.1 Å². The van der Waals surface area contributed by atoms with E-state index < -0.39 is 11.8 Å². The molecule has 0 aliphatic rings. The van der Waals surface area contributed by atoms with E-state index in [1.54, 1.807) is 12.5 Å². The minimum absolute atomic E-state index is 0.0491. The molecule has 0 aliphatic heterocycles. The van der Waals surface area contributed by atoms with Gasteiger partial charge >= 0.3 is 5.97 Å². The van der Waals surface area contributed by atoms with Gasteiger partial charge in [0.25, 0.3) is 0 Å². The van der Waals surface area contributed by atoms with E-state index in [0.717, 1.165) is 16.6 Å². The van der Waals surface area contributed by atoms with Crippen LogP contribution in [0.5, 0.6) is 5.75 Å². The molecule has 4 nitrogen and oxygen atoms in total. The molecule has 0 N–H and O–H groups in total. The number of hydrogen-bond acceptors (Lipinski definition) is 5.